The van der Waals surface area contributed by atoms with Crippen LogP contribution >= 0.6 is 11.6 Å². The molecule has 0 spiro atoms. The number of aryl methyl sites for hydroxylation is 2. The highest BCUT2D eigenvalue weighted by Gasteiger charge is 2.24. The summed E-state index contributed by atoms with van der Waals surface area (Å²) < 4.78 is 0. The number of carbonyl (C=O) groups is 1. The third-order valence-corrected chi connectivity index (χ3v) is 5.27. The van der Waals surface area contributed by atoms with Crippen LogP contribution in [0.15, 0.2) is 36.4 Å². The van der Waals surface area contributed by atoms with Crippen molar-refractivity contribution in [3.63, 3.8) is 0 Å². The number of nitrogens with one attached hydrogen (secondary N) is 2. The number of halogens is 1. The number of H-pyrrole nitrogens is 1. The van der Waals surface area contributed by atoms with Gasteiger partial charge in [0.25, 0.3) is 5.91 Å². The summed E-state index contributed by atoms with van der Waals surface area (Å²) in [7, 11) is 0. The van der Waals surface area contributed by atoms with Crippen LogP contribution in [-0.2, 0) is 12.8 Å². The topological polar surface area (TPSA) is 68.7 Å². The van der Waals surface area contributed by atoms with Crippen LogP contribution in [0.3, 0.4) is 0 Å². The average Bonchev–Trinajstić information content (AvgIpc) is 3.00. The number of benzene rings is 2. The minimum Gasteiger partial charge on any atom is -0.358 e. The molecule has 0 fully saturated rings. The molecule has 1 aliphatic carbocycles. The van der Waals surface area contributed by atoms with E-state index in [0.717, 1.165) is 40.8 Å². The number of hydrogen-bond acceptors (Lipinski definition) is 2. The monoisotopic (exact) mass is 363 g/mol. The number of nitrogens with zero attached hydrogens (tertiary/aromatic N) is 1. The summed E-state index contributed by atoms with van der Waals surface area (Å²) in [6.07, 6.45) is 2.55. The van der Waals surface area contributed by atoms with E-state index in [2.05, 4.69) is 23.3 Å². The molecule has 0 saturated heterocycles. The Morgan fingerprint density at radius 2 is 2.19 bits per heavy atom. The van der Waals surface area contributed by atoms with E-state index in [9.17, 15) is 4.79 Å². The lowest BCUT2D eigenvalue weighted by molar-refractivity contribution is 0.0933. The molecule has 1 heterocycles. The lowest BCUT2D eigenvalue weighted by atomic mass is 9.91. The van der Waals surface area contributed by atoms with Crippen molar-refractivity contribution in [3.8, 4) is 6.07 Å². The predicted molar refractivity (Wildman–Crippen MR) is 102 cm³/mol. The van der Waals surface area contributed by atoms with Gasteiger partial charge in [0.05, 0.1) is 11.6 Å². The summed E-state index contributed by atoms with van der Waals surface area (Å²) in [6, 6.07) is 12.9. The number of rotatable bonds is 2. The number of hydrogen-bond donors (Lipinski definition) is 2. The van der Waals surface area contributed by atoms with Gasteiger partial charge in [-0.3, -0.25) is 4.79 Å². The fourth-order valence-electron chi connectivity index (χ4n) is 3.77. The zero-order valence-corrected chi connectivity index (χ0v) is 15.2. The largest absolute Gasteiger partial charge is 0.358 e. The molecule has 1 atom stereocenters. The van der Waals surface area contributed by atoms with Crippen molar-refractivity contribution in [2.75, 3.05) is 0 Å². The van der Waals surface area contributed by atoms with Crippen molar-refractivity contribution in [1.29, 1.82) is 5.26 Å². The van der Waals surface area contributed by atoms with Crippen LogP contribution in [-0.4, -0.2) is 16.9 Å². The Hall–Kier alpha value is -2.77. The van der Waals surface area contributed by atoms with E-state index in [-0.39, 0.29) is 11.9 Å². The van der Waals surface area contributed by atoms with Crippen LogP contribution < -0.4 is 5.32 Å². The maximum absolute atomic E-state index is 12.6. The molecule has 5 heteroatoms. The zero-order valence-electron chi connectivity index (χ0n) is 14.4. The Bertz CT molecular complexity index is 1060. The van der Waals surface area contributed by atoms with Crippen LogP contribution in [0.4, 0.5) is 0 Å². The fourth-order valence-corrected chi connectivity index (χ4v) is 4.04. The Morgan fingerprint density at radius 3 is 3.00 bits per heavy atom. The quantitative estimate of drug-likeness (QED) is 0.713. The lowest BCUT2D eigenvalue weighted by Gasteiger charge is -2.23. The first-order valence-corrected chi connectivity index (χ1v) is 9.03. The van der Waals surface area contributed by atoms with E-state index in [1.807, 2.05) is 12.1 Å². The zero-order chi connectivity index (χ0) is 18.3. The van der Waals surface area contributed by atoms with Crippen molar-refractivity contribution in [2.24, 2.45) is 0 Å². The lowest BCUT2D eigenvalue weighted by Crippen LogP contribution is -2.38. The molecule has 26 heavy (non-hydrogen) atoms. The minimum absolute atomic E-state index is 0.0685. The van der Waals surface area contributed by atoms with Crippen LogP contribution in [0.5, 0.6) is 0 Å². The second-order valence-electron chi connectivity index (χ2n) is 6.83. The van der Waals surface area contributed by atoms with Gasteiger partial charge in [0, 0.05) is 33.2 Å². The summed E-state index contributed by atoms with van der Waals surface area (Å²) in [4.78, 5) is 16.1. The van der Waals surface area contributed by atoms with Gasteiger partial charge in [0.2, 0.25) is 0 Å². The number of fused-ring (bicyclic) bond motifs is 3. The maximum atomic E-state index is 12.6. The number of aromatic nitrogens is 1. The third-order valence-electron chi connectivity index (χ3n) is 5.05. The molecule has 3 aromatic rings. The molecule has 2 aromatic carbocycles. The Morgan fingerprint density at radius 1 is 1.35 bits per heavy atom. The highest BCUT2D eigenvalue weighted by atomic mass is 35.5. The van der Waals surface area contributed by atoms with E-state index in [4.69, 9.17) is 16.9 Å². The summed E-state index contributed by atoms with van der Waals surface area (Å²) in [6.45, 7) is 2.05. The van der Waals surface area contributed by atoms with Gasteiger partial charge < -0.3 is 10.3 Å². The van der Waals surface area contributed by atoms with Gasteiger partial charge in [-0.05, 0) is 67.6 Å². The summed E-state index contributed by atoms with van der Waals surface area (Å²) >= 11 is 6.24. The van der Waals surface area contributed by atoms with Crippen molar-refractivity contribution in [2.45, 2.75) is 32.2 Å². The van der Waals surface area contributed by atoms with Crippen molar-refractivity contribution >= 4 is 28.4 Å². The van der Waals surface area contributed by atoms with Gasteiger partial charge in [-0.2, -0.15) is 5.26 Å². The molecule has 0 aliphatic heterocycles. The first-order chi connectivity index (χ1) is 12.5. The highest BCUT2D eigenvalue weighted by molar-refractivity contribution is 6.31. The first-order valence-electron chi connectivity index (χ1n) is 8.66. The maximum Gasteiger partial charge on any atom is 0.251 e. The number of nitriles is 1. The van der Waals surface area contributed by atoms with E-state index in [0.29, 0.717) is 11.1 Å². The van der Waals surface area contributed by atoms with Gasteiger partial charge in [-0.15, -0.1) is 0 Å². The molecule has 4 rings (SSSR count). The van der Waals surface area contributed by atoms with E-state index < -0.39 is 0 Å². The average molecular weight is 364 g/mol. The number of carbonyl (C=O) groups excluding carboxylic acids is 1. The highest BCUT2D eigenvalue weighted by Crippen LogP contribution is 2.33. The fraction of sp³-hybridized carbons (Fsp3) is 0.238. The van der Waals surface area contributed by atoms with E-state index in [1.54, 1.807) is 24.3 Å². The van der Waals surface area contributed by atoms with Crippen LogP contribution in [0, 0.1) is 18.3 Å². The molecule has 0 saturated carbocycles. The van der Waals surface area contributed by atoms with Crippen LogP contribution in [0.25, 0.3) is 10.9 Å². The van der Waals surface area contributed by atoms with Crippen molar-refractivity contribution in [3.05, 3.63) is 69.4 Å². The standard InChI is InChI=1S/C21H18ClN3O/c1-12-7-15(22)9-18-17-10-16(5-6-19(17)25-20(12)18)24-21(26)14-4-2-3-13(8-14)11-23/h2-4,7-9,16,25H,5-6,10H2,1H3,(H,24,26)/t16-/m0/s1. The summed E-state index contributed by atoms with van der Waals surface area (Å²) in [5.74, 6) is -0.135. The molecular weight excluding hydrogens is 346 g/mol. The van der Waals surface area contributed by atoms with Crippen LogP contribution in [0.2, 0.25) is 5.02 Å². The van der Waals surface area contributed by atoms with Gasteiger partial charge in [-0.25, -0.2) is 0 Å². The van der Waals surface area contributed by atoms with E-state index >= 15 is 0 Å². The van der Waals surface area contributed by atoms with Crippen molar-refractivity contribution in [1.82, 2.24) is 10.3 Å². The molecule has 2 N–H and O–H groups in total. The van der Waals surface area contributed by atoms with Gasteiger partial charge >= 0.3 is 0 Å². The molecule has 130 valence electrons. The Kier molecular flexibility index (Phi) is 4.18. The molecule has 1 aromatic heterocycles. The van der Waals surface area contributed by atoms with Gasteiger partial charge in [-0.1, -0.05) is 17.7 Å². The van der Waals surface area contributed by atoms with Gasteiger partial charge in [0.1, 0.15) is 0 Å². The molecular formula is C21H18ClN3O. The number of aromatic amines is 1. The number of amides is 1. The molecule has 0 radical (unpaired) electrons. The Labute approximate surface area is 156 Å². The molecule has 1 amide bonds. The molecule has 1 aliphatic rings. The van der Waals surface area contributed by atoms with Crippen LogP contribution in [0.1, 0.15) is 39.2 Å². The molecule has 0 bridgehead atoms. The summed E-state index contributed by atoms with van der Waals surface area (Å²) in [5.41, 5.74) is 5.76. The summed E-state index contributed by atoms with van der Waals surface area (Å²) in [5, 5.41) is 14.0. The molecule has 4 nitrogen and oxygen atoms in total. The van der Waals surface area contributed by atoms with Gasteiger partial charge in [0.15, 0.2) is 0 Å². The first kappa shape index (κ1) is 16.7. The smallest absolute Gasteiger partial charge is 0.251 e. The Balaban J connectivity index is 1.58. The minimum atomic E-state index is -0.135. The second kappa shape index (κ2) is 6.51. The van der Waals surface area contributed by atoms with E-state index in [1.165, 1.54) is 11.3 Å². The predicted octanol–water partition coefficient (Wildman–Crippen LogP) is 4.29. The second-order valence-corrected chi connectivity index (χ2v) is 7.27. The van der Waals surface area contributed by atoms with Crippen molar-refractivity contribution < 1.29 is 4.79 Å². The third kappa shape index (κ3) is 2.95. The normalized spacial score (nSPS) is 16.1. The molecule has 0 unspecified atom stereocenters. The SMILES string of the molecule is Cc1cc(Cl)cc2c3c([nH]c12)CC[C@H](NC(=O)c1cccc(C#N)c1)C3.